The molecule has 5 rings (SSSR count). The van der Waals surface area contributed by atoms with Crippen molar-refractivity contribution in [1.29, 1.82) is 0 Å². The van der Waals surface area contributed by atoms with Crippen molar-refractivity contribution in [1.82, 2.24) is 24.9 Å². The predicted octanol–water partition coefficient (Wildman–Crippen LogP) is 4.09. The lowest BCUT2D eigenvalue weighted by atomic mass is 9.96. The number of nitrogens with zero attached hydrogens (tertiary/aromatic N) is 5. The minimum Gasteiger partial charge on any atom is -0.480 e. The molecule has 30 heavy (non-hydrogen) atoms. The Balaban J connectivity index is 1.63. The van der Waals surface area contributed by atoms with Crippen LogP contribution in [0.4, 0.5) is 5.95 Å². The Kier molecular flexibility index (Phi) is 5.04. The zero-order valence-electron chi connectivity index (χ0n) is 17.4. The molecule has 3 aromatic heterocycles. The van der Waals surface area contributed by atoms with Gasteiger partial charge >= 0.3 is 0 Å². The van der Waals surface area contributed by atoms with E-state index in [-0.39, 0.29) is 6.04 Å². The molecule has 0 saturated heterocycles. The van der Waals surface area contributed by atoms with E-state index in [1.807, 2.05) is 16.8 Å². The molecule has 2 aliphatic rings. The van der Waals surface area contributed by atoms with Crippen molar-refractivity contribution < 1.29 is 4.74 Å². The van der Waals surface area contributed by atoms with Crippen LogP contribution in [-0.2, 0) is 6.54 Å². The lowest BCUT2D eigenvalue weighted by molar-refractivity contribution is 0.395. The minimum atomic E-state index is 0.188. The SMILES string of the molecule is COc1nc(N=C2CCCCC2)nc2c1C(c1ccn3nccc3c1)=C[C@@H](C)NC2. The van der Waals surface area contributed by atoms with Crippen LogP contribution in [0.1, 0.15) is 55.8 Å². The molecule has 3 aromatic rings. The molecular weight excluding hydrogens is 376 g/mol. The Morgan fingerprint density at radius 1 is 1.17 bits per heavy atom. The van der Waals surface area contributed by atoms with Gasteiger partial charge in [-0.1, -0.05) is 12.5 Å². The predicted molar refractivity (Wildman–Crippen MR) is 117 cm³/mol. The highest BCUT2D eigenvalue weighted by Gasteiger charge is 2.24. The molecule has 1 N–H and O–H groups in total. The standard InChI is InChI=1S/C23H26N6O/c1-15-12-19(16-9-11-29-18(13-16)8-10-25-29)21-20(14-24-15)27-23(28-22(21)30-2)26-17-6-4-3-5-7-17/h8-13,15,24H,3-7,14H2,1-2H3/t15-/m1/s1. The van der Waals surface area contributed by atoms with Crippen molar-refractivity contribution in [2.75, 3.05) is 7.11 Å². The number of aromatic nitrogens is 4. The molecule has 0 spiro atoms. The van der Waals surface area contributed by atoms with E-state index >= 15 is 0 Å². The van der Waals surface area contributed by atoms with Gasteiger partial charge in [0.1, 0.15) is 0 Å². The highest BCUT2D eigenvalue weighted by atomic mass is 16.5. The van der Waals surface area contributed by atoms with Gasteiger partial charge in [0.15, 0.2) is 0 Å². The Hall–Kier alpha value is -3.06. The summed E-state index contributed by atoms with van der Waals surface area (Å²) < 4.78 is 7.61. The molecule has 0 aromatic carbocycles. The second kappa shape index (κ2) is 7.99. The van der Waals surface area contributed by atoms with Gasteiger partial charge in [-0.3, -0.25) is 0 Å². The first-order valence-corrected chi connectivity index (χ1v) is 10.6. The van der Waals surface area contributed by atoms with Gasteiger partial charge in [-0.2, -0.15) is 10.1 Å². The molecule has 1 atom stereocenters. The van der Waals surface area contributed by atoms with Crippen LogP contribution in [-0.4, -0.2) is 38.4 Å². The first-order chi connectivity index (χ1) is 14.7. The summed E-state index contributed by atoms with van der Waals surface area (Å²) in [6.07, 6.45) is 11.7. The average molecular weight is 403 g/mol. The van der Waals surface area contributed by atoms with Gasteiger partial charge in [-0.05, 0) is 61.9 Å². The number of aliphatic imine (C=N–C) groups is 1. The molecule has 1 aliphatic heterocycles. The fraction of sp³-hybridized carbons (Fsp3) is 0.391. The summed E-state index contributed by atoms with van der Waals surface area (Å²) >= 11 is 0. The maximum Gasteiger partial charge on any atom is 0.252 e. The number of fused-ring (bicyclic) bond motifs is 2. The van der Waals surface area contributed by atoms with Crippen LogP contribution in [0.25, 0.3) is 11.1 Å². The third-order valence-corrected chi connectivity index (χ3v) is 5.81. The number of hydrogen-bond acceptors (Lipinski definition) is 6. The Bertz CT molecular complexity index is 1140. The van der Waals surface area contributed by atoms with E-state index in [9.17, 15) is 0 Å². The average Bonchev–Trinajstić information content (AvgIpc) is 3.17. The summed E-state index contributed by atoms with van der Waals surface area (Å²) in [5.41, 5.74) is 6.25. The van der Waals surface area contributed by atoms with Gasteiger partial charge in [-0.25, -0.2) is 14.5 Å². The number of hydrogen-bond donors (Lipinski definition) is 1. The number of methoxy groups -OCH3 is 1. The molecule has 1 aliphatic carbocycles. The van der Waals surface area contributed by atoms with E-state index in [1.165, 1.54) is 25.0 Å². The lowest BCUT2D eigenvalue weighted by Gasteiger charge is -2.16. The van der Waals surface area contributed by atoms with Gasteiger partial charge in [0.25, 0.3) is 5.95 Å². The number of rotatable bonds is 3. The van der Waals surface area contributed by atoms with Crippen molar-refractivity contribution in [3.05, 3.63) is 53.5 Å². The zero-order chi connectivity index (χ0) is 20.5. The van der Waals surface area contributed by atoms with Crippen LogP contribution in [0.2, 0.25) is 0 Å². The summed E-state index contributed by atoms with van der Waals surface area (Å²) in [5, 5.41) is 7.83. The van der Waals surface area contributed by atoms with Crippen molar-refractivity contribution in [2.45, 2.75) is 51.6 Å². The summed E-state index contributed by atoms with van der Waals surface area (Å²) in [7, 11) is 1.67. The summed E-state index contributed by atoms with van der Waals surface area (Å²) in [6.45, 7) is 2.79. The number of ether oxygens (including phenoxy) is 1. The van der Waals surface area contributed by atoms with E-state index in [2.05, 4.69) is 40.5 Å². The van der Waals surface area contributed by atoms with Crippen LogP contribution in [0, 0.1) is 0 Å². The lowest BCUT2D eigenvalue weighted by Crippen LogP contribution is -2.22. The minimum absolute atomic E-state index is 0.188. The molecule has 7 heteroatoms. The maximum absolute atomic E-state index is 5.75. The molecule has 0 amide bonds. The third kappa shape index (κ3) is 3.61. The second-order valence-corrected chi connectivity index (χ2v) is 7.96. The van der Waals surface area contributed by atoms with Crippen molar-refractivity contribution >= 4 is 22.7 Å². The summed E-state index contributed by atoms with van der Waals surface area (Å²) in [4.78, 5) is 14.3. The molecule has 4 heterocycles. The first-order valence-electron chi connectivity index (χ1n) is 10.6. The van der Waals surface area contributed by atoms with E-state index in [1.54, 1.807) is 13.3 Å². The molecule has 0 unspecified atom stereocenters. The highest BCUT2D eigenvalue weighted by molar-refractivity contribution is 5.88. The number of nitrogens with one attached hydrogen (secondary N) is 1. The Labute approximate surface area is 175 Å². The van der Waals surface area contributed by atoms with Gasteiger partial charge in [0.2, 0.25) is 5.88 Å². The van der Waals surface area contributed by atoms with E-state index < -0.39 is 0 Å². The van der Waals surface area contributed by atoms with Crippen LogP contribution in [0.5, 0.6) is 5.88 Å². The fourth-order valence-electron chi connectivity index (χ4n) is 4.26. The summed E-state index contributed by atoms with van der Waals surface area (Å²) in [5.74, 6) is 1.08. The molecule has 1 saturated carbocycles. The van der Waals surface area contributed by atoms with Gasteiger partial charge in [0, 0.05) is 30.7 Å². The molecule has 7 nitrogen and oxygen atoms in total. The first kappa shape index (κ1) is 18.9. The van der Waals surface area contributed by atoms with E-state index in [0.717, 1.165) is 40.8 Å². The van der Waals surface area contributed by atoms with Crippen molar-refractivity contribution in [3.63, 3.8) is 0 Å². The molecular formula is C23H26N6O. The Morgan fingerprint density at radius 2 is 2.03 bits per heavy atom. The smallest absolute Gasteiger partial charge is 0.252 e. The van der Waals surface area contributed by atoms with Crippen LogP contribution in [0.3, 0.4) is 0 Å². The fourth-order valence-corrected chi connectivity index (χ4v) is 4.26. The monoisotopic (exact) mass is 402 g/mol. The van der Waals surface area contributed by atoms with Crippen molar-refractivity contribution in [2.24, 2.45) is 4.99 Å². The molecule has 154 valence electrons. The van der Waals surface area contributed by atoms with Gasteiger partial charge < -0.3 is 10.1 Å². The largest absolute Gasteiger partial charge is 0.480 e. The van der Waals surface area contributed by atoms with Crippen LogP contribution in [0.15, 0.2) is 41.7 Å². The van der Waals surface area contributed by atoms with Crippen LogP contribution >= 0.6 is 0 Å². The van der Waals surface area contributed by atoms with E-state index in [0.29, 0.717) is 18.4 Å². The van der Waals surface area contributed by atoms with Crippen molar-refractivity contribution in [3.8, 4) is 5.88 Å². The summed E-state index contributed by atoms with van der Waals surface area (Å²) in [6, 6.07) is 6.40. The Morgan fingerprint density at radius 3 is 2.87 bits per heavy atom. The van der Waals surface area contributed by atoms with Gasteiger partial charge in [-0.15, -0.1) is 0 Å². The molecule has 1 fully saturated rings. The number of pyridine rings is 1. The maximum atomic E-state index is 5.75. The van der Waals surface area contributed by atoms with E-state index in [4.69, 9.17) is 14.7 Å². The highest BCUT2D eigenvalue weighted by Crippen LogP contribution is 2.36. The van der Waals surface area contributed by atoms with Crippen LogP contribution < -0.4 is 10.1 Å². The molecule has 0 bridgehead atoms. The third-order valence-electron chi connectivity index (χ3n) is 5.81. The normalized spacial score (nSPS) is 19.2. The van der Waals surface area contributed by atoms with Gasteiger partial charge in [0.05, 0.1) is 23.9 Å². The quantitative estimate of drug-likeness (QED) is 0.714. The molecule has 0 radical (unpaired) electrons. The topological polar surface area (TPSA) is 76.7 Å². The zero-order valence-corrected chi connectivity index (χ0v) is 17.4. The second-order valence-electron chi connectivity index (χ2n) is 7.96.